The van der Waals surface area contributed by atoms with Gasteiger partial charge in [0.1, 0.15) is 4.88 Å². The normalized spacial score (nSPS) is 14.0. The van der Waals surface area contributed by atoms with Crippen molar-refractivity contribution in [3.63, 3.8) is 0 Å². The summed E-state index contributed by atoms with van der Waals surface area (Å²) >= 11 is 1.29. The molecule has 1 aliphatic heterocycles. The molecule has 2 aromatic heterocycles. The van der Waals surface area contributed by atoms with Crippen LogP contribution in [0.15, 0.2) is 30.5 Å². The number of nitrogens with one attached hydrogen (secondary N) is 2. The summed E-state index contributed by atoms with van der Waals surface area (Å²) in [5, 5.41) is 6.69. The molecule has 2 N–H and O–H groups in total. The number of nitrogens with zero attached hydrogens (tertiary/aromatic N) is 4. The molecule has 0 radical (unpaired) electrons. The molecule has 8 nitrogen and oxygen atoms in total. The van der Waals surface area contributed by atoms with Gasteiger partial charge in [-0.3, -0.25) is 9.59 Å². The molecule has 0 bridgehead atoms. The molecule has 2 amide bonds. The number of benzene rings is 1. The first kappa shape index (κ1) is 18.4. The lowest BCUT2D eigenvalue weighted by Gasteiger charge is -2.15. The molecular weight excluding hydrogens is 376 g/mol. The third-order valence-electron chi connectivity index (χ3n) is 4.80. The van der Waals surface area contributed by atoms with Crippen LogP contribution in [0.3, 0.4) is 0 Å². The Balaban J connectivity index is 1.31. The van der Waals surface area contributed by atoms with Crippen LogP contribution in [-0.2, 0) is 11.8 Å². The monoisotopic (exact) mass is 398 g/mol. The minimum Gasteiger partial charge on any atom is -0.351 e. The Morgan fingerprint density at radius 2 is 2.18 bits per heavy atom. The fraction of sp³-hybridized carbons (Fsp3) is 0.368. The summed E-state index contributed by atoms with van der Waals surface area (Å²) in [6.07, 6.45) is 3.90. The molecule has 3 heterocycles. The minimum absolute atomic E-state index is 0.150. The summed E-state index contributed by atoms with van der Waals surface area (Å²) in [5.74, 6) is 0.743. The van der Waals surface area contributed by atoms with E-state index in [9.17, 15) is 9.59 Å². The lowest BCUT2D eigenvalue weighted by Crippen LogP contribution is -2.30. The number of imidazole rings is 1. The Hall–Kier alpha value is -2.94. The minimum atomic E-state index is -0.150. The smallest absolute Gasteiger partial charge is 0.263 e. The predicted octanol–water partition coefficient (Wildman–Crippen LogP) is 2.52. The number of likely N-dealkylation sites (tertiary alicyclic amines) is 1. The van der Waals surface area contributed by atoms with Crippen LogP contribution in [0.2, 0.25) is 0 Å². The van der Waals surface area contributed by atoms with Crippen LogP contribution in [0.25, 0.3) is 11.0 Å². The van der Waals surface area contributed by atoms with Gasteiger partial charge in [0.15, 0.2) is 5.13 Å². The molecule has 0 aliphatic carbocycles. The van der Waals surface area contributed by atoms with Gasteiger partial charge in [-0.25, -0.2) is 9.97 Å². The van der Waals surface area contributed by atoms with Crippen molar-refractivity contribution in [2.45, 2.75) is 19.3 Å². The highest BCUT2D eigenvalue weighted by atomic mass is 32.1. The van der Waals surface area contributed by atoms with Gasteiger partial charge in [-0.15, -0.1) is 0 Å². The summed E-state index contributed by atoms with van der Waals surface area (Å²) in [6, 6.07) is 7.88. The van der Waals surface area contributed by atoms with Gasteiger partial charge in [-0.1, -0.05) is 23.5 Å². The first-order valence-corrected chi connectivity index (χ1v) is 10.1. The third-order valence-corrected chi connectivity index (χ3v) is 5.71. The highest BCUT2D eigenvalue weighted by Crippen LogP contribution is 2.24. The van der Waals surface area contributed by atoms with Gasteiger partial charge >= 0.3 is 0 Å². The van der Waals surface area contributed by atoms with Gasteiger partial charge in [-0.05, 0) is 25.0 Å². The van der Waals surface area contributed by atoms with Crippen LogP contribution >= 0.6 is 11.3 Å². The first-order chi connectivity index (χ1) is 13.6. The van der Waals surface area contributed by atoms with E-state index >= 15 is 0 Å². The van der Waals surface area contributed by atoms with E-state index in [4.69, 9.17) is 0 Å². The van der Waals surface area contributed by atoms with E-state index in [0.29, 0.717) is 35.5 Å². The average molecular weight is 398 g/mol. The van der Waals surface area contributed by atoms with E-state index in [2.05, 4.69) is 20.6 Å². The predicted molar refractivity (Wildman–Crippen MR) is 109 cm³/mol. The zero-order valence-electron chi connectivity index (χ0n) is 15.6. The number of carbonyl (C=O) groups excluding carboxylic acids is 2. The zero-order valence-corrected chi connectivity index (χ0v) is 16.5. The van der Waals surface area contributed by atoms with Crippen molar-refractivity contribution in [2.75, 3.05) is 25.0 Å². The van der Waals surface area contributed by atoms with Crippen molar-refractivity contribution in [3.8, 4) is 0 Å². The molecule has 1 saturated heterocycles. The second-order valence-electron chi connectivity index (χ2n) is 6.73. The van der Waals surface area contributed by atoms with Gasteiger partial charge < -0.3 is 20.1 Å². The second kappa shape index (κ2) is 7.97. The maximum atomic E-state index is 12.3. The number of carbonyl (C=O) groups is 2. The van der Waals surface area contributed by atoms with Crippen molar-refractivity contribution in [2.24, 2.45) is 7.05 Å². The van der Waals surface area contributed by atoms with Crippen LogP contribution in [-0.4, -0.2) is 50.9 Å². The molecule has 28 heavy (non-hydrogen) atoms. The van der Waals surface area contributed by atoms with E-state index in [1.165, 1.54) is 11.3 Å². The molecule has 0 unspecified atom stereocenters. The van der Waals surface area contributed by atoms with Gasteiger partial charge in [0, 0.05) is 33.1 Å². The van der Waals surface area contributed by atoms with Crippen molar-refractivity contribution < 1.29 is 9.59 Å². The molecule has 0 saturated carbocycles. The highest BCUT2D eigenvalue weighted by molar-refractivity contribution is 7.17. The summed E-state index contributed by atoms with van der Waals surface area (Å²) in [4.78, 5) is 35.1. The van der Waals surface area contributed by atoms with E-state index in [1.807, 2.05) is 40.8 Å². The van der Waals surface area contributed by atoms with Gasteiger partial charge in [0.25, 0.3) is 5.91 Å². The molecule has 0 atom stereocenters. The van der Waals surface area contributed by atoms with E-state index in [0.717, 1.165) is 30.4 Å². The van der Waals surface area contributed by atoms with Crippen LogP contribution in [0.1, 0.15) is 28.9 Å². The maximum Gasteiger partial charge on any atom is 0.263 e. The van der Waals surface area contributed by atoms with Crippen LogP contribution in [0.4, 0.5) is 11.1 Å². The molecular formula is C19H22N6O2S. The summed E-state index contributed by atoms with van der Waals surface area (Å²) in [6.45, 7) is 2.06. The van der Waals surface area contributed by atoms with Crippen LogP contribution < -0.4 is 10.6 Å². The summed E-state index contributed by atoms with van der Waals surface area (Å²) < 4.78 is 1.95. The Morgan fingerprint density at radius 3 is 2.96 bits per heavy atom. The number of anilines is 2. The number of para-hydroxylation sites is 2. The molecule has 1 aromatic carbocycles. The average Bonchev–Trinajstić information content (AvgIpc) is 3.40. The van der Waals surface area contributed by atoms with Gasteiger partial charge in [0.2, 0.25) is 11.9 Å². The second-order valence-corrected chi connectivity index (χ2v) is 7.76. The standard InChI is InChI=1S/C19H22N6O2S/c1-24-14-7-3-2-6-13(14)22-18(24)23-19-21-12-15(28-19)17(27)20-9-5-11-25-10-4-8-16(25)26/h2-3,6-7,12H,4-5,8-11H2,1H3,(H,20,27)(H,21,22,23). The quantitative estimate of drug-likeness (QED) is 0.597. The van der Waals surface area contributed by atoms with E-state index in [-0.39, 0.29) is 11.8 Å². The largest absolute Gasteiger partial charge is 0.351 e. The Labute approximate surface area is 166 Å². The molecule has 146 valence electrons. The number of aryl methyl sites for hydroxylation is 1. The fourth-order valence-corrected chi connectivity index (χ4v) is 4.02. The topological polar surface area (TPSA) is 92.2 Å². The maximum absolute atomic E-state index is 12.3. The van der Waals surface area contributed by atoms with Crippen molar-refractivity contribution in [1.82, 2.24) is 24.8 Å². The van der Waals surface area contributed by atoms with Gasteiger partial charge in [-0.2, -0.15) is 0 Å². The summed E-state index contributed by atoms with van der Waals surface area (Å²) in [7, 11) is 1.93. The van der Waals surface area contributed by atoms with Crippen LogP contribution in [0, 0.1) is 0 Å². The van der Waals surface area contributed by atoms with Gasteiger partial charge in [0.05, 0.1) is 17.2 Å². The number of fused-ring (bicyclic) bond motifs is 1. The Kier molecular flexibility index (Phi) is 5.25. The zero-order chi connectivity index (χ0) is 19.5. The molecule has 0 spiro atoms. The number of thiazole rings is 1. The molecule has 4 rings (SSSR count). The van der Waals surface area contributed by atoms with Crippen LogP contribution in [0.5, 0.6) is 0 Å². The number of aromatic nitrogens is 3. The number of rotatable bonds is 7. The van der Waals surface area contributed by atoms with Crippen molar-refractivity contribution >= 4 is 45.3 Å². The van der Waals surface area contributed by atoms with Crippen molar-refractivity contribution in [3.05, 3.63) is 35.3 Å². The lowest BCUT2D eigenvalue weighted by molar-refractivity contribution is -0.127. The molecule has 1 aliphatic rings. The van der Waals surface area contributed by atoms with E-state index in [1.54, 1.807) is 6.20 Å². The first-order valence-electron chi connectivity index (χ1n) is 9.32. The molecule has 3 aromatic rings. The summed E-state index contributed by atoms with van der Waals surface area (Å²) in [5.41, 5.74) is 1.93. The lowest BCUT2D eigenvalue weighted by atomic mass is 10.3. The Bertz CT molecular complexity index is 1010. The SMILES string of the molecule is Cn1c(Nc2ncc(C(=O)NCCCN3CCCC3=O)s2)nc2ccccc21. The number of hydrogen-bond donors (Lipinski definition) is 2. The fourth-order valence-electron chi connectivity index (χ4n) is 3.29. The highest BCUT2D eigenvalue weighted by Gasteiger charge is 2.19. The third kappa shape index (κ3) is 3.84. The van der Waals surface area contributed by atoms with E-state index < -0.39 is 0 Å². The Morgan fingerprint density at radius 1 is 1.32 bits per heavy atom. The van der Waals surface area contributed by atoms with Crippen molar-refractivity contribution in [1.29, 1.82) is 0 Å². The molecule has 9 heteroatoms. The molecule has 1 fully saturated rings. The number of hydrogen-bond acceptors (Lipinski definition) is 6. The number of amides is 2.